The van der Waals surface area contributed by atoms with E-state index in [1.807, 2.05) is 6.26 Å². The summed E-state index contributed by atoms with van der Waals surface area (Å²) in [5.41, 5.74) is 0. The van der Waals surface area contributed by atoms with Gasteiger partial charge >= 0.3 is 0 Å². The third-order valence-electron chi connectivity index (χ3n) is 0.507. The van der Waals surface area contributed by atoms with E-state index < -0.39 is 0 Å². The monoisotopic (exact) mass is 135 g/mol. The number of isothiocyanates is 1. The van der Waals surface area contributed by atoms with Crippen LogP contribution in [0.1, 0.15) is 0 Å². The molecule has 0 N–H and O–H groups in total. The maximum atomic E-state index is 4.80. The summed E-state index contributed by atoms with van der Waals surface area (Å²) in [6, 6.07) is 0. The Labute approximate surface area is 51.4 Å². The van der Waals surface area contributed by atoms with Crippen LogP contribution in [0.5, 0.6) is 0 Å². The maximum absolute atomic E-state index is 4.80. The van der Waals surface area contributed by atoms with Crippen molar-refractivity contribution in [2.45, 2.75) is 0 Å². The molecule has 0 aliphatic rings. The minimum Gasteiger partial charge on any atom is -0.392 e. The van der Waals surface area contributed by atoms with Gasteiger partial charge in [0, 0.05) is 17.0 Å². The molecule has 0 heterocycles. The molecule has 48 valence electrons. The summed E-state index contributed by atoms with van der Waals surface area (Å²) in [4.78, 5) is 4.36. The molecule has 0 fully saturated rings. The second-order valence-corrected chi connectivity index (χ2v) is 2.41. The largest absolute Gasteiger partial charge is 0.392 e. The minimum absolute atomic E-state index is 0.319. The third kappa shape index (κ3) is 3.87. The van der Waals surface area contributed by atoms with Gasteiger partial charge in [-0.05, 0) is 5.16 Å². The Bertz CT molecular complexity index is 117. The molecular formula is C4H9NO2S. The zero-order valence-corrected chi connectivity index (χ0v) is 5.99. The summed E-state index contributed by atoms with van der Waals surface area (Å²) in [5.74, 6) is 0. The molecule has 0 aromatic carbocycles. The van der Waals surface area contributed by atoms with Crippen molar-refractivity contribution in [3.05, 3.63) is 0 Å². The minimum atomic E-state index is -0.319. The lowest BCUT2D eigenvalue weighted by Gasteiger charge is -1.87. The third-order valence-corrected chi connectivity index (χ3v) is 1.34. The predicted molar refractivity (Wildman–Crippen MR) is 35.0 cm³/mol. The number of nitrogens with zero attached hydrogens (tertiary/aromatic N) is 1. The van der Waals surface area contributed by atoms with Crippen LogP contribution in [0.2, 0.25) is 0 Å². The van der Waals surface area contributed by atoms with Crippen LogP contribution < -0.4 is 0 Å². The first kappa shape index (κ1) is 7.69. The van der Waals surface area contributed by atoms with Gasteiger partial charge in [-0.15, -0.1) is 0 Å². The standard InChI is InChI=1S/C4H9NO2S/c1-6-5-4-8(3)7-2/h1-3H3. The summed E-state index contributed by atoms with van der Waals surface area (Å²) in [6.07, 6.45) is 1.85. The molecule has 0 radical (unpaired) electrons. The highest BCUT2D eigenvalue weighted by molar-refractivity contribution is 8.09. The van der Waals surface area contributed by atoms with Gasteiger partial charge in [-0.1, -0.05) is 0 Å². The number of rotatable bonds is 2. The van der Waals surface area contributed by atoms with E-state index in [4.69, 9.17) is 4.18 Å². The Morgan fingerprint density at radius 1 is 1.50 bits per heavy atom. The van der Waals surface area contributed by atoms with Crippen LogP contribution in [-0.2, 0) is 9.02 Å². The fourth-order valence-corrected chi connectivity index (χ4v) is 0.381. The van der Waals surface area contributed by atoms with Gasteiger partial charge in [0.2, 0.25) is 0 Å². The molecule has 0 spiro atoms. The van der Waals surface area contributed by atoms with Crippen molar-refractivity contribution in [1.82, 2.24) is 0 Å². The maximum Gasteiger partial charge on any atom is 0.107 e. The van der Waals surface area contributed by atoms with Crippen LogP contribution in [-0.4, -0.2) is 25.6 Å². The van der Waals surface area contributed by atoms with E-state index in [9.17, 15) is 0 Å². The molecule has 0 saturated carbocycles. The van der Waals surface area contributed by atoms with Gasteiger partial charge in [0.15, 0.2) is 0 Å². The van der Waals surface area contributed by atoms with Crippen LogP contribution in [0.15, 0.2) is 5.16 Å². The topological polar surface area (TPSA) is 30.8 Å². The number of hydrogen-bond acceptors (Lipinski definition) is 3. The summed E-state index contributed by atoms with van der Waals surface area (Å²) >= 11 is 0. The molecule has 0 aromatic rings. The lowest BCUT2D eigenvalue weighted by Crippen LogP contribution is -1.69. The van der Waals surface area contributed by atoms with Crippen LogP contribution >= 0.6 is 10.8 Å². The smallest absolute Gasteiger partial charge is 0.107 e. The molecule has 0 bridgehead atoms. The molecule has 4 heteroatoms. The fourth-order valence-electron chi connectivity index (χ4n) is 0.127. The fraction of sp³-hybridized carbons (Fsp3) is 0.750. The van der Waals surface area contributed by atoms with E-state index in [0.717, 1.165) is 0 Å². The molecule has 0 aromatic heterocycles. The van der Waals surface area contributed by atoms with E-state index in [1.54, 1.807) is 7.11 Å². The normalized spacial score (nSPS) is 11.9. The molecule has 8 heavy (non-hydrogen) atoms. The van der Waals surface area contributed by atoms with Crippen LogP contribution in [0.4, 0.5) is 0 Å². The Balaban J connectivity index is 3.72. The first-order valence-electron chi connectivity index (χ1n) is 2.00. The average molecular weight is 135 g/mol. The molecule has 0 aliphatic heterocycles. The molecule has 0 rings (SSSR count). The Kier molecular flexibility index (Phi) is 4.65. The van der Waals surface area contributed by atoms with E-state index in [0.29, 0.717) is 0 Å². The highest BCUT2D eigenvalue weighted by Crippen LogP contribution is 2.00. The lowest BCUT2D eigenvalue weighted by atomic mass is 11.7. The van der Waals surface area contributed by atoms with Gasteiger partial charge in [-0.2, -0.15) is 0 Å². The highest BCUT2D eigenvalue weighted by Gasteiger charge is 1.72. The number of hydrogen-bond donors (Lipinski definition) is 0. The first-order valence-corrected chi connectivity index (χ1v) is 3.56. The summed E-state index contributed by atoms with van der Waals surface area (Å²) in [5, 5.41) is 5.97. The van der Waals surface area contributed by atoms with Crippen molar-refractivity contribution in [3.8, 4) is 0 Å². The summed E-state index contributed by atoms with van der Waals surface area (Å²) in [7, 11) is 2.75. The zero-order valence-electron chi connectivity index (χ0n) is 5.17. The summed E-state index contributed by atoms with van der Waals surface area (Å²) < 4.78 is 4.80. The molecule has 1 atom stereocenters. The van der Waals surface area contributed by atoms with E-state index >= 15 is 0 Å². The summed E-state index contributed by atoms with van der Waals surface area (Å²) in [6.45, 7) is 0. The van der Waals surface area contributed by atoms with Crippen molar-refractivity contribution < 1.29 is 9.02 Å². The van der Waals surface area contributed by atoms with Crippen molar-refractivity contribution in [2.24, 2.45) is 5.16 Å². The van der Waals surface area contributed by atoms with Crippen molar-refractivity contribution in [2.75, 3.05) is 20.5 Å². The van der Waals surface area contributed by atoms with Crippen LogP contribution in [0, 0.1) is 0 Å². The molecule has 1 unspecified atom stereocenters. The molecular weight excluding hydrogens is 126 g/mol. The second kappa shape index (κ2) is 4.84. The quantitative estimate of drug-likeness (QED) is 0.320. The second-order valence-electron chi connectivity index (χ2n) is 0.986. The predicted octanol–water partition coefficient (Wildman–Crippen LogP) is 0.913. The molecule has 0 amide bonds. The van der Waals surface area contributed by atoms with Gasteiger partial charge in [-0.25, -0.2) is 0 Å². The van der Waals surface area contributed by atoms with E-state index in [2.05, 4.69) is 15.2 Å². The van der Waals surface area contributed by atoms with Crippen molar-refractivity contribution >= 4 is 15.9 Å². The SMILES string of the molecule is CON=C=S(C)OC. The molecule has 0 aliphatic carbocycles. The van der Waals surface area contributed by atoms with Gasteiger partial charge < -0.3 is 9.02 Å². The van der Waals surface area contributed by atoms with Gasteiger partial charge in [0.1, 0.15) is 7.11 Å². The van der Waals surface area contributed by atoms with Crippen LogP contribution in [0.25, 0.3) is 0 Å². The van der Waals surface area contributed by atoms with Gasteiger partial charge in [0.05, 0.1) is 12.3 Å². The lowest BCUT2D eigenvalue weighted by molar-refractivity contribution is 0.216. The molecule has 3 nitrogen and oxygen atoms in total. The Hall–Kier alpha value is -0.310. The van der Waals surface area contributed by atoms with Crippen molar-refractivity contribution in [1.29, 1.82) is 0 Å². The van der Waals surface area contributed by atoms with Gasteiger partial charge in [-0.3, -0.25) is 0 Å². The Morgan fingerprint density at radius 2 is 2.12 bits per heavy atom. The Morgan fingerprint density at radius 3 is 2.50 bits per heavy atom. The van der Waals surface area contributed by atoms with Gasteiger partial charge in [0.25, 0.3) is 0 Å². The first-order chi connectivity index (χ1) is 3.81. The average Bonchev–Trinajstić information content (AvgIpc) is 1.83. The van der Waals surface area contributed by atoms with E-state index in [-0.39, 0.29) is 10.8 Å². The zero-order chi connectivity index (χ0) is 6.41. The highest BCUT2D eigenvalue weighted by atomic mass is 32.2. The van der Waals surface area contributed by atoms with Crippen molar-refractivity contribution in [3.63, 3.8) is 0 Å². The molecule has 0 saturated heterocycles. The van der Waals surface area contributed by atoms with E-state index in [1.165, 1.54) is 7.11 Å². The van der Waals surface area contributed by atoms with Crippen LogP contribution in [0.3, 0.4) is 0 Å².